The molecular weight excluding hydrogens is 432 g/mol. The second-order valence-electron chi connectivity index (χ2n) is 9.58. The highest BCUT2D eigenvalue weighted by molar-refractivity contribution is 6.05. The molecule has 0 spiro atoms. The van der Waals surface area contributed by atoms with Crippen LogP contribution >= 0.6 is 0 Å². The van der Waals surface area contributed by atoms with Crippen LogP contribution in [0.4, 0.5) is 5.69 Å². The number of rotatable bonds is 12. The van der Waals surface area contributed by atoms with E-state index in [2.05, 4.69) is 63.5 Å². The Kier molecular flexibility index (Phi) is 8.90. The molecule has 1 aromatic heterocycles. The zero-order chi connectivity index (χ0) is 24.5. The van der Waals surface area contributed by atoms with E-state index in [0.717, 1.165) is 47.1 Å². The van der Waals surface area contributed by atoms with Gasteiger partial charge in [0, 0.05) is 36.6 Å². The van der Waals surface area contributed by atoms with E-state index in [-0.39, 0.29) is 5.56 Å². The highest BCUT2D eigenvalue weighted by Gasteiger charge is 2.23. The topological polar surface area (TPSA) is 60.5 Å². The fourth-order valence-electron chi connectivity index (χ4n) is 4.66. The van der Waals surface area contributed by atoms with Crippen molar-refractivity contribution in [3.05, 3.63) is 94.2 Å². The van der Waals surface area contributed by atoms with Crippen LogP contribution in [0.1, 0.15) is 63.5 Å². The van der Waals surface area contributed by atoms with E-state index in [1.807, 2.05) is 25.3 Å². The standard InChI is InChI=1S/C30H38N4O/c1-3-20-34(27-8-4-9-27)21-6-7-24-12-14-26(15-13-24)33-29(28-10-5-18-31-28)16-11-23(2)25-17-19-32-30(35)22-25/h5,11-19,22,27,33H,3-4,6-10,20-21H2,1-2H3,(H,32,35)/b23-11+,29-16+. The highest BCUT2D eigenvalue weighted by Crippen LogP contribution is 2.25. The Morgan fingerprint density at radius 3 is 2.66 bits per heavy atom. The smallest absolute Gasteiger partial charge is 0.248 e. The fourth-order valence-corrected chi connectivity index (χ4v) is 4.66. The number of hydrogen-bond acceptors (Lipinski definition) is 4. The van der Waals surface area contributed by atoms with Crippen LogP contribution in [-0.2, 0) is 6.42 Å². The predicted molar refractivity (Wildman–Crippen MR) is 148 cm³/mol. The summed E-state index contributed by atoms with van der Waals surface area (Å²) in [5.41, 5.74) is 6.27. The molecule has 1 aliphatic carbocycles. The maximum absolute atomic E-state index is 11.6. The van der Waals surface area contributed by atoms with Gasteiger partial charge in [0.1, 0.15) is 0 Å². The van der Waals surface area contributed by atoms with Crippen molar-refractivity contribution < 1.29 is 0 Å². The molecule has 0 saturated heterocycles. The number of aromatic nitrogens is 1. The minimum absolute atomic E-state index is 0.0943. The van der Waals surface area contributed by atoms with E-state index in [1.54, 1.807) is 12.3 Å². The third-order valence-corrected chi connectivity index (χ3v) is 6.93. The second kappa shape index (κ2) is 12.5. The summed E-state index contributed by atoms with van der Waals surface area (Å²) < 4.78 is 0. The van der Waals surface area contributed by atoms with Gasteiger partial charge in [0.05, 0.1) is 11.4 Å². The number of H-pyrrole nitrogens is 1. The molecule has 1 saturated carbocycles. The van der Waals surface area contributed by atoms with Crippen molar-refractivity contribution in [3.8, 4) is 0 Å². The van der Waals surface area contributed by atoms with Gasteiger partial charge in [-0.1, -0.05) is 37.6 Å². The Morgan fingerprint density at radius 2 is 2.00 bits per heavy atom. The van der Waals surface area contributed by atoms with Gasteiger partial charge in [-0.05, 0) is 93.1 Å². The molecule has 184 valence electrons. The largest absolute Gasteiger partial charge is 0.354 e. The minimum Gasteiger partial charge on any atom is -0.354 e. The summed E-state index contributed by atoms with van der Waals surface area (Å²) in [6.45, 7) is 6.74. The Morgan fingerprint density at radius 1 is 1.17 bits per heavy atom. The summed E-state index contributed by atoms with van der Waals surface area (Å²) in [6, 6.07) is 13.2. The Hall–Kier alpha value is -3.18. The van der Waals surface area contributed by atoms with Gasteiger partial charge in [0.2, 0.25) is 5.56 Å². The first-order chi connectivity index (χ1) is 17.1. The molecule has 2 aliphatic rings. The van der Waals surface area contributed by atoms with Gasteiger partial charge in [-0.2, -0.15) is 0 Å². The van der Waals surface area contributed by atoms with Crippen molar-refractivity contribution in [1.29, 1.82) is 0 Å². The zero-order valence-corrected chi connectivity index (χ0v) is 21.1. The van der Waals surface area contributed by atoms with Crippen molar-refractivity contribution in [2.24, 2.45) is 4.99 Å². The number of hydrogen-bond donors (Lipinski definition) is 2. The number of aliphatic imine (C=N–C) groups is 1. The monoisotopic (exact) mass is 470 g/mol. The number of aryl methyl sites for hydroxylation is 1. The molecule has 4 rings (SSSR count). The van der Waals surface area contributed by atoms with Gasteiger partial charge < -0.3 is 15.2 Å². The van der Waals surface area contributed by atoms with Crippen LogP contribution < -0.4 is 10.9 Å². The quantitative estimate of drug-likeness (QED) is 0.356. The van der Waals surface area contributed by atoms with E-state index in [0.29, 0.717) is 0 Å². The lowest BCUT2D eigenvalue weighted by Crippen LogP contribution is -2.41. The molecule has 0 bridgehead atoms. The molecular formula is C30H38N4O. The first-order valence-electron chi connectivity index (χ1n) is 13.0. The van der Waals surface area contributed by atoms with Gasteiger partial charge >= 0.3 is 0 Å². The minimum atomic E-state index is -0.0943. The van der Waals surface area contributed by atoms with Crippen LogP contribution in [0.25, 0.3) is 5.57 Å². The number of nitrogens with zero attached hydrogens (tertiary/aromatic N) is 2. The molecule has 35 heavy (non-hydrogen) atoms. The Bertz CT molecular complexity index is 1150. The van der Waals surface area contributed by atoms with Gasteiger partial charge in [-0.15, -0.1) is 0 Å². The Labute approximate surface area is 209 Å². The zero-order valence-electron chi connectivity index (χ0n) is 21.1. The van der Waals surface area contributed by atoms with E-state index in [1.165, 1.54) is 50.8 Å². The second-order valence-corrected chi connectivity index (χ2v) is 9.58. The first kappa shape index (κ1) is 24.9. The maximum Gasteiger partial charge on any atom is 0.248 e. The normalized spacial score (nSPS) is 16.5. The van der Waals surface area contributed by atoms with Crippen LogP contribution in [0.15, 0.2) is 82.5 Å². The third kappa shape index (κ3) is 7.15. The van der Waals surface area contributed by atoms with Gasteiger partial charge in [-0.3, -0.25) is 9.79 Å². The van der Waals surface area contributed by atoms with E-state index in [4.69, 9.17) is 0 Å². The van der Waals surface area contributed by atoms with E-state index in [9.17, 15) is 4.79 Å². The molecule has 5 heteroatoms. The third-order valence-electron chi connectivity index (χ3n) is 6.93. The molecule has 0 atom stereocenters. The Balaban J connectivity index is 1.38. The summed E-state index contributed by atoms with van der Waals surface area (Å²) in [4.78, 5) is 21.5. The highest BCUT2D eigenvalue weighted by atomic mass is 16.1. The molecule has 1 aromatic carbocycles. The molecule has 0 radical (unpaired) electrons. The van der Waals surface area contributed by atoms with Crippen LogP contribution in [0.2, 0.25) is 0 Å². The lowest BCUT2D eigenvalue weighted by Gasteiger charge is -2.37. The molecule has 1 fully saturated rings. The van der Waals surface area contributed by atoms with Crippen molar-refractivity contribution in [1.82, 2.24) is 9.88 Å². The molecule has 2 heterocycles. The number of anilines is 1. The number of benzene rings is 1. The molecule has 0 amide bonds. The van der Waals surface area contributed by atoms with Crippen molar-refractivity contribution in [3.63, 3.8) is 0 Å². The number of allylic oxidation sites excluding steroid dienone is 5. The maximum atomic E-state index is 11.6. The summed E-state index contributed by atoms with van der Waals surface area (Å²) in [5.74, 6) is 0. The molecule has 5 nitrogen and oxygen atoms in total. The lowest BCUT2D eigenvalue weighted by atomic mass is 9.91. The molecule has 2 N–H and O–H groups in total. The summed E-state index contributed by atoms with van der Waals surface area (Å²) in [7, 11) is 0. The van der Waals surface area contributed by atoms with Crippen molar-refractivity contribution >= 4 is 17.0 Å². The van der Waals surface area contributed by atoms with Crippen LogP contribution in [0.3, 0.4) is 0 Å². The van der Waals surface area contributed by atoms with Crippen LogP contribution in [0.5, 0.6) is 0 Å². The van der Waals surface area contributed by atoms with Crippen molar-refractivity contribution in [2.45, 2.75) is 64.8 Å². The van der Waals surface area contributed by atoms with Crippen molar-refractivity contribution in [2.75, 3.05) is 18.4 Å². The number of pyridine rings is 1. The van der Waals surface area contributed by atoms with E-state index < -0.39 is 0 Å². The van der Waals surface area contributed by atoms with Gasteiger partial charge in [0.25, 0.3) is 0 Å². The number of nitrogens with one attached hydrogen (secondary N) is 2. The summed E-state index contributed by atoms with van der Waals surface area (Å²) in [6.07, 6.45) is 18.2. The fraction of sp³-hybridized carbons (Fsp3) is 0.400. The SMILES string of the molecule is CCCN(CCCc1ccc(N/C(=C/C=C(\C)c2cc[nH]c(=O)c2)C2=NC=CC2)cc1)C1CCC1. The van der Waals surface area contributed by atoms with Gasteiger partial charge in [0.15, 0.2) is 0 Å². The lowest BCUT2D eigenvalue weighted by molar-refractivity contribution is 0.126. The van der Waals surface area contributed by atoms with Crippen LogP contribution in [0, 0.1) is 0 Å². The summed E-state index contributed by atoms with van der Waals surface area (Å²) >= 11 is 0. The molecule has 0 unspecified atom stereocenters. The first-order valence-corrected chi connectivity index (χ1v) is 13.0. The predicted octanol–water partition coefficient (Wildman–Crippen LogP) is 6.33. The average molecular weight is 471 g/mol. The average Bonchev–Trinajstić information content (AvgIpc) is 3.36. The van der Waals surface area contributed by atoms with Crippen LogP contribution in [-0.4, -0.2) is 34.7 Å². The number of aromatic amines is 1. The van der Waals surface area contributed by atoms with Gasteiger partial charge in [-0.25, -0.2) is 0 Å². The summed E-state index contributed by atoms with van der Waals surface area (Å²) in [5, 5.41) is 3.56. The molecule has 1 aliphatic heterocycles. The van der Waals surface area contributed by atoms with E-state index >= 15 is 0 Å². The molecule has 2 aromatic rings.